The Balaban J connectivity index is 3.31. The van der Waals surface area contributed by atoms with Crippen LogP contribution in [-0.4, -0.2) is 17.5 Å². The molecule has 1 aromatic rings. The number of carbonyl (C=O) groups is 1. The van der Waals surface area contributed by atoms with Crippen LogP contribution in [0.25, 0.3) is 0 Å². The SMILES string of the molecule is CCOC(=O)C(C)(C#N)c1ccc([N+](=O)[O-])cc1Br. The van der Waals surface area contributed by atoms with Crippen LogP contribution in [0.15, 0.2) is 22.7 Å². The van der Waals surface area contributed by atoms with E-state index in [0.717, 1.165) is 0 Å². The second kappa shape index (κ2) is 5.80. The van der Waals surface area contributed by atoms with Crippen molar-refractivity contribution in [2.45, 2.75) is 19.3 Å². The van der Waals surface area contributed by atoms with Gasteiger partial charge in [-0.25, -0.2) is 4.79 Å². The first kappa shape index (κ1) is 15.1. The number of nitrogens with zero attached hydrogens (tertiary/aromatic N) is 2. The molecule has 0 fully saturated rings. The molecular weight excluding hydrogens is 316 g/mol. The predicted octanol–water partition coefficient (Wildman–Crippen LogP) is 2.70. The van der Waals surface area contributed by atoms with Gasteiger partial charge in [-0.3, -0.25) is 10.1 Å². The number of halogens is 1. The molecule has 0 radical (unpaired) electrons. The van der Waals surface area contributed by atoms with Crippen molar-refractivity contribution in [3.05, 3.63) is 38.3 Å². The first-order valence-corrected chi connectivity index (χ1v) is 6.19. The van der Waals surface area contributed by atoms with Crippen molar-refractivity contribution in [3.63, 3.8) is 0 Å². The number of esters is 1. The number of rotatable bonds is 4. The Morgan fingerprint density at radius 1 is 1.63 bits per heavy atom. The molecule has 0 spiro atoms. The molecule has 1 unspecified atom stereocenters. The highest BCUT2D eigenvalue weighted by molar-refractivity contribution is 9.10. The van der Waals surface area contributed by atoms with Crippen molar-refractivity contribution >= 4 is 27.6 Å². The fourth-order valence-corrected chi connectivity index (χ4v) is 2.28. The Labute approximate surface area is 118 Å². The molecule has 0 heterocycles. The van der Waals surface area contributed by atoms with E-state index in [2.05, 4.69) is 15.9 Å². The van der Waals surface area contributed by atoms with Crippen molar-refractivity contribution in [2.24, 2.45) is 0 Å². The summed E-state index contributed by atoms with van der Waals surface area (Å²) in [6.07, 6.45) is 0. The zero-order valence-electron chi connectivity index (χ0n) is 10.3. The fraction of sp³-hybridized carbons (Fsp3) is 0.333. The lowest BCUT2D eigenvalue weighted by Gasteiger charge is -2.20. The third kappa shape index (κ3) is 2.90. The van der Waals surface area contributed by atoms with Gasteiger partial charge in [-0.1, -0.05) is 15.9 Å². The number of carbonyl (C=O) groups excluding carboxylic acids is 1. The molecule has 0 aliphatic carbocycles. The first-order valence-electron chi connectivity index (χ1n) is 5.39. The summed E-state index contributed by atoms with van der Waals surface area (Å²) in [4.78, 5) is 22.0. The lowest BCUT2D eigenvalue weighted by atomic mass is 9.84. The molecule has 1 rings (SSSR count). The quantitative estimate of drug-likeness (QED) is 0.481. The van der Waals surface area contributed by atoms with Crippen LogP contribution in [0.1, 0.15) is 19.4 Å². The first-order chi connectivity index (χ1) is 8.86. The predicted molar refractivity (Wildman–Crippen MR) is 70.4 cm³/mol. The normalized spacial score (nSPS) is 13.2. The third-order valence-electron chi connectivity index (χ3n) is 2.61. The Hall–Kier alpha value is -1.94. The van der Waals surface area contributed by atoms with E-state index < -0.39 is 16.3 Å². The van der Waals surface area contributed by atoms with Gasteiger partial charge < -0.3 is 4.74 Å². The summed E-state index contributed by atoms with van der Waals surface area (Å²) in [5, 5.41) is 19.9. The molecule has 0 N–H and O–H groups in total. The van der Waals surface area contributed by atoms with Gasteiger partial charge in [0.1, 0.15) is 0 Å². The molecule has 19 heavy (non-hydrogen) atoms. The minimum Gasteiger partial charge on any atom is -0.465 e. The van der Waals surface area contributed by atoms with Gasteiger partial charge >= 0.3 is 5.97 Å². The number of nitro benzene ring substituents is 1. The van der Waals surface area contributed by atoms with E-state index in [1.807, 2.05) is 6.07 Å². The summed E-state index contributed by atoms with van der Waals surface area (Å²) in [5.41, 5.74) is -1.30. The van der Waals surface area contributed by atoms with Gasteiger partial charge in [-0.15, -0.1) is 0 Å². The van der Waals surface area contributed by atoms with E-state index in [0.29, 0.717) is 10.0 Å². The number of hydrogen-bond acceptors (Lipinski definition) is 5. The lowest BCUT2D eigenvalue weighted by molar-refractivity contribution is -0.384. The molecule has 0 saturated heterocycles. The van der Waals surface area contributed by atoms with Crippen LogP contribution in [0.2, 0.25) is 0 Å². The van der Waals surface area contributed by atoms with Crippen LogP contribution in [-0.2, 0) is 14.9 Å². The topological polar surface area (TPSA) is 93.2 Å². The highest BCUT2D eigenvalue weighted by atomic mass is 79.9. The second-order valence-electron chi connectivity index (χ2n) is 3.88. The van der Waals surface area contributed by atoms with Crippen molar-refractivity contribution < 1.29 is 14.5 Å². The van der Waals surface area contributed by atoms with Gasteiger partial charge in [0.05, 0.1) is 17.6 Å². The summed E-state index contributed by atoms with van der Waals surface area (Å²) in [6.45, 7) is 3.21. The highest BCUT2D eigenvalue weighted by Crippen LogP contribution is 2.33. The second-order valence-corrected chi connectivity index (χ2v) is 4.73. The molecule has 7 heteroatoms. The average Bonchev–Trinajstić information content (AvgIpc) is 2.37. The van der Waals surface area contributed by atoms with Gasteiger partial charge in [-0.05, 0) is 25.5 Å². The van der Waals surface area contributed by atoms with E-state index in [-0.39, 0.29) is 12.3 Å². The summed E-state index contributed by atoms with van der Waals surface area (Å²) in [7, 11) is 0. The smallest absolute Gasteiger partial charge is 0.330 e. The Bertz CT molecular complexity index is 567. The van der Waals surface area contributed by atoms with Crippen LogP contribution < -0.4 is 0 Å². The van der Waals surface area contributed by atoms with Crippen molar-refractivity contribution in [3.8, 4) is 6.07 Å². The van der Waals surface area contributed by atoms with Crippen LogP contribution >= 0.6 is 15.9 Å². The number of nitro groups is 1. The van der Waals surface area contributed by atoms with Gasteiger partial charge in [0, 0.05) is 16.6 Å². The summed E-state index contributed by atoms with van der Waals surface area (Å²) in [5.74, 6) is -0.688. The average molecular weight is 327 g/mol. The molecule has 0 amide bonds. The Morgan fingerprint density at radius 3 is 2.68 bits per heavy atom. The molecule has 0 saturated carbocycles. The number of ether oxygens (including phenoxy) is 1. The van der Waals surface area contributed by atoms with E-state index in [1.54, 1.807) is 6.92 Å². The minimum atomic E-state index is -1.51. The number of nitriles is 1. The van der Waals surface area contributed by atoms with Crippen LogP contribution in [0.4, 0.5) is 5.69 Å². The molecule has 1 atom stereocenters. The maximum absolute atomic E-state index is 11.9. The van der Waals surface area contributed by atoms with E-state index in [9.17, 15) is 20.2 Å². The van der Waals surface area contributed by atoms with Gasteiger partial charge in [-0.2, -0.15) is 5.26 Å². The standard InChI is InChI=1S/C12H11BrN2O4/c1-3-19-11(16)12(2,7-14)9-5-4-8(15(17)18)6-10(9)13/h4-6H,3H2,1-2H3. The zero-order chi connectivity index (χ0) is 14.6. The maximum Gasteiger partial charge on any atom is 0.330 e. The molecule has 0 bridgehead atoms. The molecule has 0 aromatic heterocycles. The molecular formula is C12H11BrN2O4. The summed E-state index contributed by atoms with van der Waals surface area (Å²) >= 11 is 3.15. The van der Waals surface area contributed by atoms with E-state index >= 15 is 0 Å². The van der Waals surface area contributed by atoms with Gasteiger partial charge in [0.2, 0.25) is 0 Å². The highest BCUT2D eigenvalue weighted by Gasteiger charge is 2.39. The van der Waals surface area contributed by atoms with Crippen molar-refractivity contribution in [1.29, 1.82) is 5.26 Å². The van der Waals surface area contributed by atoms with Gasteiger partial charge in [0.25, 0.3) is 5.69 Å². The summed E-state index contributed by atoms with van der Waals surface area (Å²) in [6, 6.07) is 5.77. The monoisotopic (exact) mass is 326 g/mol. The molecule has 0 aliphatic heterocycles. The maximum atomic E-state index is 11.9. The Kier molecular flexibility index (Phi) is 4.62. The molecule has 0 aliphatic rings. The number of hydrogen-bond donors (Lipinski definition) is 0. The largest absolute Gasteiger partial charge is 0.465 e. The minimum absolute atomic E-state index is 0.125. The Morgan fingerprint density at radius 2 is 2.26 bits per heavy atom. The molecule has 100 valence electrons. The van der Waals surface area contributed by atoms with Crippen LogP contribution in [0.3, 0.4) is 0 Å². The third-order valence-corrected chi connectivity index (χ3v) is 3.27. The van der Waals surface area contributed by atoms with Crippen LogP contribution in [0.5, 0.6) is 0 Å². The molecule has 1 aromatic carbocycles. The lowest BCUT2D eigenvalue weighted by Crippen LogP contribution is -2.33. The molecule has 6 nitrogen and oxygen atoms in total. The van der Waals surface area contributed by atoms with Crippen molar-refractivity contribution in [2.75, 3.05) is 6.61 Å². The summed E-state index contributed by atoms with van der Waals surface area (Å²) < 4.78 is 5.19. The zero-order valence-corrected chi connectivity index (χ0v) is 11.9. The fourth-order valence-electron chi connectivity index (χ4n) is 1.51. The van der Waals surface area contributed by atoms with Crippen molar-refractivity contribution in [1.82, 2.24) is 0 Å². The van der Waals surface area contributed by atoms with Crippen LogP contribution in [0, 0.1) is 21.4 Å². The van der Waals surface area contributed by atoms with Gasteiger partial charge in [0.15, 0.2) is 5.41 Å². The number of benzene rings is 1. The number of non-ortho nitro benzene ring substituents is 1. The van der Waals surface area contributed by atoms with E-state index in [4.69, 9.17) is 4.74 Å². The van der Waals surface area contributed by atoms with E-state index in [1.165, 1.54) is 25.1 Å².